The molecule has 6 nitrogen and oxygen atoms in total. The molecule has 0 unspecified atom stereocenters. The van der Waals surface area contributed by atoms with E-state index in [1.807, 2.05) is 62.4 Å². The van der Waals surface area contributed by atoms with Crippen molar-refractivity contribution in [3.05, 3.63) is 124 Å². The molecule has 0 radical (unpaired) electrons. The average Bonchev–Trinajstić information content (AvgIpc) is 3.46. The lowest BCUT2D eigenvalue weighted by Crippen LogP contribution is -2.24. The fraction of sp³-hybridized carbons (Fsp3) is 0.0811. The average molecular weight is 557 g/mol. The predicted molar refractivity (Wildman–Crippen MR) is 167 cm³/mol. The number of hydrogen-bond acceptors (Lipinski definition) is 4. The van der Waals surface area contributed by atoms with Gasteiger partial charge >= 0.3 is 0 Å². The van der Waals surface area contributed by atoms with Crippen LogP contribution in [0.15, 0.2) is 91.0 Å². The molecule has 1 aliphatic heterocycles. The van der Waals surface area contributed by atoms with Crippen LogP contribution in [0.1, 0.15) is 43.0 Å². The van der Waals surface area contributed by atoms with Gasteiger partial charge in [0.25, 0.3) is 11.8 Å². The van der Waals surface area contributed by atoms with E-state index in [0.29, 0.717) is 27.9 Å². The van der Waals surface area contributed by atoms with Crippen molar-refractivity contribution in [3.63, 3.8) is 0 Å². The lowest BCUT2D eigenvalue weighted by Gasteiger charge is -2.12. The van der Waals surface area contributed by atoms with E-state index in [1.165, 1.54) is 11.9 Å². The van der Waals surface area contributed by atoms with Gasteiger partial charge < -0.3 is 4.57 Å². The second kappa shape index (κ2) is 9.55. The number of benzene rings is 5. The number of rotatable bonds is 3. The van der Waals surface area contributed by atoms with E-state index in [4.69, 9.17) is 0 Å². The van der Waals surface area contributed by atoms with Gasteiger partial charge in [0.1, 0.15) is 0 Å². The molecule has 1 aliphatic rings. The van der Waals surface area contributed by atoms with Crippen molar-refractivity contribution in [1.29, 1.82) is 10.5 Å². The lowest BCUT2D eigenvalue weighted by atomic mass is 9.95. The molecule has 6 heteroatoms. The van der Waals surface area contributed by atoms with E-state index in [-0.39, 0.29) is 11.8 Å². The summed E-state index contributed by atoms with van der Waals surface area (Å²) in [5, 5.41) is 20.7. The molecule has 0 fully saturated rings. The highest BCUT2D eigenvalue weighted by Crippen LogP contribution is 2.40. The van der Waals surface area contributed by atoms with Crippen LogP contribution in [0.25, 0.3) is 49.7 Å². The van der Waals surface area contributed by atoms with Crippen LogP contribution < -0.4 is 0 Å². The third-order valence-corrected chi connectivity index (χ3v) is 8.44. The number of carbonyl (C=O) groups is 2. The number of aryl methyl sites for hydroxylation is 2. The molecule has 0 saturated heterocycles. The maximum atomic E-state index is 13.3. The highest BCUT2D eigenvalue weighted by molar-refractivity contribution is 6.23. The van der Waals surface area contributed by atoms with Gasteiger partial charge in [-0.3, -0.25) is 14.5 Å². The number of imide groups is 1. The zero-order valence-corrected chi connectivity index (χ0v) is 23.8. The van der Waals surface area contributed by atoms with Crippen molar-refractivity contribution in [1.82, 2.24) is 9.47 Å². The van der Waals surface area contributed by atoms with Crippen LogP contribution >= 0.6 is 0 Å². The fourth-order valence-electron chi connectivity index (χ4n) is 6.30. The number of hydrogen-bond donors (Lipinski definition) is 0. The Balaban J connectivity index is 1.54. The Bertz CT molecular complexity index is 2170. The monoisotopic (exact) mass is 556 g/mol. The summed E-state index contributed by atoms with van der Waals surface area (Å²) < 4.78 is 2.07. The van der Waals surface area contributed by atoms with Crippen molar-refractivity contribution in [2.45, 2.75) is 13.8 Å². The normalized spacial score (nSPS) is 12.5. The Morgan fingerprint density at radius 3 is 1.63 bits per heavy atom. The van der Waals surface area contributed by atoms with Crippen LogP contribution in [0.3, 0.4) is 0 Å². The standard InChI is InChI=1S/C37H24N4O2/c1-21-15-23(19-38)7-11-27(21)25-9-13-32-30(17-25)31-18-26(28-12-8-24(20-39)16-22(28)2)10-14-33(31)41(32)34-6-4-5-29-35(34)37(43)40(3)36(29)42/h4-18H,1-3H3. The molecular weight excluding hydrogens is 532 g/mol. The molecule has 2 heterocycles. The predicted octanol–water partition coefficient (Wildman–Crippen LogP) is 7.70. The number of amides is 2. The van der Waals surface area contributed by atoms with Gasteiger partial charge in [0.2, 0.25) is 0 Å². The first-order chi connectivity index (χ1) is 20.8. The van der Waals surface area contributed by atoms with Gasteiger partial charge in [-0.15, -0.1) is 0 Å². The minimum atomic E-state index is -0.319. The van der Waals surface area contributed by atoms with Crippen LogP contribution in [0, 0.1) is 36.5 Å². The molecule has 204 valence electrons. The van der Waals surface area contributed by atoms with E-state index in [2.05, 4.69) is 53.1 Å². The third kappa shape index (κ3) is 3.85. The summed E-state index contributed by atoms with van der Waals surface area (Å²) in [4.78, 5) is 27.3. The van der Waals surface area contributed by atoms with Gasteiger partial charge in [0.15, 0.2) is 0 Å². The number of nitriles is 2. The second-order valence-corrected chi connectivity index (χ2v) is 11.0. The second-order valence-electron chi connectivity index (χ2n) is 11.0. The molecule has 6 aromatic rings. The van der Waals surface area contributed by atoms with Crippen LogP contribution in [0.2, 0.25) is 0 Å². The molecule has 0 spiro atoms. The molecule has 0 atom stereocenters. The Morgan fingerprint density at radius 2 is 1.14 bits per heavy atom. The van der Waals surface area contributed by atoms with Gasteiger partial charge in [0.05, 0.1) is 51.1 Å². The van der Waals surface area contributed by atoms with Gasteiger partial charge in [-0.2, -0.15) is 10.5 Å². The number of fused-ring (bicyclic) bond motifs is 4. The SMILES string of the molecule is Cc1cc(C#N)ccc1-c1ccc2c(c1)c1cc(-c3ccc(C#N)cc3C)ccc1n2-c1cccc2c1C(=O)N(C)C2=O. The van der Waals surface area contributed by atoms with E-state index in [0.717, 1.165) is 55.2 Å². The largest absolute Gasteiger partial charge is 0.308 e. The molecule has 0 bridgehead atoms. The summed E-state index contributed by atoms with van der Waals surface area (Å²) in [6.45, 7) is 4.00. The van der Waals surface area contributed by atoms with E-state index >= 15 is 0 Å². The van der Waals surface area contributed by atoms with Crippen LogP contribution in [0.5, 0.6) is 0 Å². The first-order valence-electron chi connectivity index (χ1n) is 13.9. The van der Waals surface area contributed by atoms with Gasteiger partial charge in [-0.05, 0) is 108 Å². The van der Waals surface area contributed by atoms with Crippen molar-refractivity contribution >= 4 is 33.6 Å². The highest BCUT2D eigenvalue weighted by atomic mass is 16.2. The Kier molecular flexibility index (Phi) is 5.76. The lowest BCUT2D eigenvalue weighted by molar-refractivity contribution is 0.0693. The maximum Gasteiger partial charge on any atom is 0.263 e. The van der Waals surface area contributed by atoms with Crippen molar-refractivity contribution in [3.8, 4) is 40.1 Å². The molecule has 5 aromatic carbocycles. The molecule has 0 aliphatic carbocycles. The summed E-state index contributed by atoms with van der Waals surface area (Å²) in [6, 6.07) is 33.7. The molecule has 2 amide bonds. The van der Waals surface area contributed by atoms with Crippen LogP contribution in [0.4, 0.5) is 0 Å². The smallest absolute Gasteiger partial charge is 0.263 e. The molecule has 7 rings (SSSR count). The maximum absolute atomic E-state index is 13.3. The van der Waals surface area contributed by atoms with Gasteiger partial charge in [0, 0.05) is 17.8 Å². The first kappa shape index (κ1) is 26.0. The van der Waals surface area contributed by atoms with Crippen LogP contribution in [-0.4, -0.2) is 28.3 Å². The molecular formula is C37H24N4O2. The Labute approximate surface area is 248 Å². The number of nitrogens with zero attached hydrogens (tertiary/aromatic N) is 4. The molecule has 1 aromatic heterocycles. The minimum absolute atomic E-state index is 0.306. The highest BCUT2D eigenvalue weighted by Gasteiger charge is 2.35. The van der Waals surface area contributed by atoms with E-state index in [9.17, 15) is 20.1 Å². The Hall–Kier alpha value is -5.98. The summed E-state index contributed by atoms with van der Waals surface area (Å²) >= 11 is 0. The third-order valence-electron chi connectivity index (χ3n) is 8.44. The first-order valence-corrected chi connectivity index (χ1v) is 13.9. The zero-order valence-electron chi connectivity index (χ0n) is 23.8. The number of carbonyl (C=O) groups excluding carboxylic acids is 2. The molecule has 0 saturated carbocycles. The zero-order chi connectivity index (χ0) is 30.0. The minimum Gasteiger partial charge on any atom is -0.308 e. The van der Waals surface area contributed by atoms with E-state index < -0.39 is 0 Å². The van der Waals surface area contributed by atoms with E-state index in [1.54, 1.807) is 6.07 Å². The van der Waals surface area contributed by atoms with Gasteiger partial charge in [-0.25, -0.2) is 0 Å². The summed E-state index contributed by atoms with van der Waals surface area (Å²) in [5.41, 5.74) is 10.6. The van der Waals surface area contributed by atoms with Crippen molar-refractivity contribution < 1.29 is 9.59 Å². The fourth-order valence-corrected chi connectivity index (χ4v) is 6.30. The molecule has 0 N–H and O–H groups in total. The van der Waals surface area contributed by atoms with Crippen molar-refractivity contribution in [2.75, 3.05) is 7.05 Å². The summed E-state index contributed by atoms with van der Waals surface area (Å²) in [5.74, 6) is -0.625. The van der Waals surface area contributed by atoms with Crippen molar-refractivity contribution in [2.24, 2.45) is 0 Å². The number of aromatic nitrogens is 1. The molecule has 43 heavy (non-hydrogen) atoms. The Morgan fingerprint density at radius 1 is 0.605 bits per heavy atom. The topological polar surface area (TPSA) is 89.9 Å². The quantitative estimate of drug-likeness (QED) is 0.209. The van der Waals surface area contributed by atoms with Gasteiger partial charge in [-0.1, -0.05) is 30.3 Å². The summed E-state index contributed by atoms with van der Waals surface area (Å²) in [6.07, 6.45) is 0. The summed E-state index contributed by atoms with van der Waals surface area (Å²) in [7, 11) is 1.51. The van der Waals surface area contributed by atoms with Crippen LogP contribution in [-0.2, 0) is 0 Å².